The Morgan fingerprint density at radius 3 is 2.73 bits per heavy atom. The fraction of sp³-hybridized carbons (Fsp3) is 0.250. The highest BCUT2D eigenvalue weighted by Crippen LogP contribution is 2.14. The topological polar surface area (TPSA) is 25.2 Å². The van der Waals surface area contributed by atoms with E-state index in [2.05, 4.69) is 0 Å². The average Bonchev–Trinajstić information content (AvgIpc) is 2.59. The molecule has 78 valence electrons. The standard InChI is InChI=1S/C12H14N2O/c1-13(2)9-12(15)14-8-7-10-5-3-4-6-11(10)14/h3-8H,9H2,1-2H3. The van der Waals surface area contributed by atoms with Crippen LogP contribution in [0.5, 0.6) is 0 Å². The number of fused-ring (bicyclic) bond motifs is 1. The molecule has 1 heterocycles. The molecule has 0 unspecified atom stereocenters. The lowest BCUT2D eigenvalue weighted by atomic mass is 10.2. The summed E-state index contributed by atoms with van der Waals surface area (Å²) in [5, 5.41) is 1.10. The van der Waals surface area contributed by atoms with Gasteiger partial charge in [0.2, 0.25) is 5.91 Å². The Labute approximate surface area is 88.9 Å². The van der Waals surface area contributed by atoms with Crippen molar-refractivity contribution >= 4 is 16.8 Å². The minimum atomic E-state index is 0.0983. The molecule has 0 N–H and O–H groups in total. The van der Waals surface area contributed by atoms with Gasteiger partial charge in [0.1, 0.15) is 0 Å². The summed E-state index contributed by atoms with van der Waals surface area (Å²) in [6.07, 6.45) is 1.83. The smallest absolute Gasteiger partial charge is 0.245 e. The predicted molar refractivity (Wildman–Crippen MR) is 61.1 cm³/mol. The van der Waals surface area contributed by atoms with Crippen molar-refractivity contribution in [2.45, 2.75) is 0 Å². The fourth-order valence-electron chi connectivity index (χ4n) is 1.65. The van der Waals surface area contributed by atoms with Gasteiger partial charge in [-0.25, -0.2) is 0 Å². The third-order valence-electron chi connectivity index (χ3n) is 2.32. The third kappa shape index (κ3) is 1.92. The van der Waals surface area contributed by atoms with Crippen molar-refractivity contribution in [1.29, 1.82) is 0 Å². The molecule has 0 bridgehead atoms. The molecule has 0 aliphatic rings. The number of aromatic nitrogens is 1. The highest BCUT2D eigenvalue weighted by molar-refractivity contribution is 5.93. The van der Waals surface area contributed by atoms with E-state index in [1.54, 1.807) is 4.57 Å². The molecule has 0 saturated carbocycles. The molecular formula is C12H14N2O. The van der Waals surface area contributed by atoms with Crippen molar-refractivity contribution in [3.05, 3.63) is 36.5 Å². The molecule has 0 spiro atoms. The monoisotopic (exact) mass is 202 g/mol. The van der Waals surface area contributed by atoms with Crippen molar-refractivity contribution in [1.82, 2.24) is 9.47 Å². The van der Waals surface area contributed by atoms with Gasteiger partial charge < -0.3 is 4.90 Å². The van der Waals surface area contributed by atoms with Gasteiger partial charge in [-0.1, -0.05) is 18.2 Å². The van der Waals surface area contributed by atoms with Crippen molar-refractivity contribution in [2.75, 3.05) is 20.6 Å². The van der Waals surface area contributed by atoms with Gasteiger partial charge in [0, 0.05) is 11.6 Å². The van der Waals surface area contributed by atoms with Gasteiger partial charge in [0.25, 0.3) is 0 Å². The lowest BCUT2D eigenvalue weighted by Crippen LogP contribution is -2.25. The quantitative estimate of drug-likeness (QED) is 0.742. The zero-order valence-electron chi connectivity index (χ0n) is 8.97. The molecule has 0 aliphatic carbocycles. The van der Waals surface area contributed by atoms with Gasteiger partial charge in [0.15, 0.2) is 0 Å². The Kier molecular flexibility index (Phi) is 2.56. The second-order valence-corrected chi connectivity index (χ2v) is 3.88. The number of nitrogens with zero attached hydrogens (tertiary/aromatic N) is 2. The Morgan fingerprint density at radius 1 is 1.27 bits per heavy atom. The highest BCUT2D eigenvalue weighted by Gasteiger charge is 2.08. The van der Waals surface area contributed by atoms with Crippen molar-refractivity contribution in [3.63, 3.8) is 0 Å². The van der Waals surface area contributed by atoms with Crippen LogP contribution < -0.4 is 0 Å². The first kappa shape index (κ1) is 9.93. The summed E-state index contributed by atoms with van der Waals surface area (Å²) in [5.74, 6) is 0.0983. The molecule has 2 rings (SSSR count). The molecule has 0 saturated heterocycles. The van der Waals surface area contributed by atoms with E-state index in [4.69, 9.17) is 0 Å². The van der Waals surface area contributed by atoms with Crippen LogP contribution in [-0.4, -0.2) is 36.0 Å². The molecule has 0 amide bonds. The summed E-state index contributed by atoms with van der Waals surface area (Å²) in [5.41, 5.74) is 0.976. The first-order valence-electron chi connectivity index (χ1n) is 4.92. The van der Waals surface area contributed by atoms with Crippen LogP contribution in [0.1, 0.15) is 4.79 Å². The van der Waals surface area contributed by atoms with Crippen LogP contribution >= 0.6 is 0 Å². The van der Waals surface area contributed by atoms with E-state index >= 15 is 0 Å². The molecule has 0 atom stereocenters. The number of likely N-dealkylation sites (N-methyl/N-ethyl adjacent to an activating group) is 1. The normalized spacial score (nSPS) is 11.1. The summed E-state index contributed by atoms with van der Waals surface area (Å²) in [6.45, 7) is 0.429. The van der Waals surface area contributed by atoms with E-state index in [0.717, 1.165) is 10.9 Å². The summed E-state index contributed by atoms with van der Waals surface area (Å²) in [6, 6.07) is 9.85. The molecule has 3 nitrogen and oxygen atoms in total. The molecule has 0 radical (unpaired) electrons. The number of para-hydroxylation sites is 1. The Morgan fingerprint density at radius 2 is 2.00 bits per heavy atom. The van der Waals surface area contributed by atoms with Gasteiger partial charge in [-0.2, -0.15) is 0 Å². The molecule has 0 aliphatic heterocycles. The fourth-order valence-corrected chi connectivity index (χ4v) is 1.65. The maximum Gasteiger partial charge on any atom is 0.245 e. The van der Waals surface area contributed by atoms with Crippen LogP contribution in [0.4, 0.5) is 0 Å². The number of rotatable bonds is 2. The van der Waals surface area contributed by atoms with E-state index in [1.807, 2.05) is 55.5 Å². The number of hydrogen-bond acceptors (Lipinski definition) is 2. The number of hydrogen-bond donors (Lipinski definition) is 0. The average molecular weight is 202 g/mol. The summed E-state index contributed by atoms with van der Waals surface area (Å²) in [7, 11) is 3.78. The number of carbonyl (C=O) groups excluding carboxylic acids is 1. The summed E-state index contributed by atoms with van der Waals surface area (Å²) >= 11 is 0. The van der Waals surface area contributed by atoms with Crippen molar-refractivity contribution in [2.24, 2.45) is 0 Å². The highest BCUT2D eigenvalue weighted by atomic mass is 16.2. The SMILES string of the molecule is CN(C)CC(=O)n1ccc2ccccc21. The minimum absolute atomic E-state index is 0.0983. The summed E-state index contributed by atoms with van der Waals surface area (Å²) < 4.78 is 1.70. The molecule has 1 aromatic carbocycles. The Bertz CT molecular complexity index is 485. The predicted octanol–water partition coefficient (Wildman–Crippen LogP) is 1.84. The maximum absolute atomic E-state index is 11.9. The summed E-state index contributed by atoms with van der Waals surface area (Å²) in [4.78, 5) is 13.7. The first-order chi connectivity index (χ1) is 7.18. The molecule has 3 heteroatoms. The van der Waals surface area contributed by atoms with Gasteiger partial charge in [-0.15, -0.1) is 0 Å². The molecule has 1 aromatic heterocycles. The van der Waals surface area contributed by atoms with Crippen LogP contribution in [0.15, 0.2) is 36.5 Å². The van der Waals surface area contributed by atoms with Crippen molar-refractivity contribution < 1.29 is 4.79 Å². The Balaban J connectivity index is 2.40. The van der Waals surface area contributed by atoms with Crippen LogP contribution in [0.2, 0.25) is 0 Å². The van der Waals surface area contributed by atoms with E-state index in [9.17, 15) is 4.79 Å². The van der Waals surface area contributed by atoms with Crippen molar-refractivity contribution in [3.8, 4) is 0 Å². The molecular weight excluding hydrogens is 188 g/mol. The van der Waals surface area contributed by atoms with E-state index in [0.29, 0.717) is 6.54 Å². The molecule has 0 fully saturated rings. The zero-order chi connectivity index (χ0) is 10.8. The largest absolute Gasteiger partial charge is 0.301 e. The zero-order valence-corrected chi connectivity index (χ0v) is 8.97. The molecule has 2 aromatic rings. The first-order valence-corrected chi connectivity index (χ1v) is 4.92. The lowest BCUT2D eigenvalue weighted by molar-refractivity contribution is 0.0882. The van der Waals surface area contributed by atoms with Gasteiger partial charge in [-0.3, -0.25) is 9.36 Å². The van der Waals surface area contributed by atoms with Crippen LogP contribution in [0.3, 0.4) is 0 Å². The number of carbonyl (C=O) groups is 1. The second kappa shape index (κ2) is 3.87. The lowest BCUT2D eigenvalue weighted by Gasteiger charge is -2.09. The van der Waals surface area contributed by atoms with Gasteiger partial charge in [0.05, 0.1) is 12.1 Å². The van der Waals surface area contributed by atoms with E-state index in [1.165, 1.54) is 0 Å². The Hall–Kier alpha value is -1.61. The van der Waals surface area contributed by atoms with E-state index in [-0.39, 0.29) is 5.91 Å². The van der Waals surface area contributed by atoms with Crippen LogP contribution in [0, 0.1) is 0 Å². The molecule has 15 heavy (non-hydrogen) atoms. The minimum Gasteiger partial charge on any atom is -0.301 e. The van der Waals surface area contributed by atoms with Crippen LogP contribution in [0.25, 0.3) is 10.9 Å². The van der Waals surface area contributed by atoms with E-state index < -0.39 is 0 Å². The third-order valence-corrected chi connectivity index (χ3v) is 2.32. The van der Waals surface area contributed by atoms with Gasteiger partial charge >= 0.3 is 0 Å². The van der Waals surface area contributed by atoms with Crippen LogP contribution in [-0.2, 0) is 0 Å². The van der Waals surface area contributed by atoms with Gasteiger partial charge in [-0.05, 0) is 26.2 Å². The number of benzene rings is 1. The maximum atomic E-state index is 11.9. The second-order valence-electron chi connectivity index (χ2n) is 3.88.